The molecule has 0 bridgehead atoms. The van der Waals surface area contributed by atoms with E-state index in [4.69, 9.17) is 6.42 Å². The van der Waals surface area contributed by atoms with E-state index >= 15 is 0 Å². The number of hydrogen-bond donors (Lipinski definition) is 1. The SMILES string of the molecule is C#CCNC(=O)/C=C/c1ccc(C(C)(C)C)cc1. The molecule has 0 unspecified atom stereocenters. The van der Waals surface area contributed by atoms with Gasteiger partial charge in [-0.05, 0) is 22.6 Å². The highest BCUT2D eigenvalue weighted by molar-refractivity contribution is 5.91. The van der Waals surface area contributed by atoms with Crippen molar-refractivity contribution < 1.29 is 4.79 Å². The Balaban J connectivity index is 2.67. The van der Waals surface area contributed by atoms with E-state index in [0.29, 0.717) is 0 Å². The molecule has 2 nitrogen and oxygen atoms in total. The Labute approximate surface area is 109 Å². The van der Waals surface area contributed by atoms with E-state index in [1.54, 1.807) is 6.08 Å². The van der Waals surface area contributed by atoms with Crippen LogP contribution in [0.1, 0.15) is 31.9 Å². The summed E-state index contributed by atoms with van der Waals surface area (Å²) in [5.74, 6) is 2.18. The molecule has 0 spiro atoms. The van der Waals surface area contributed by atoms with Gasteiger partial charge in [0.2, 0.25) is 5.91 Å². The van der Waals surface area contributed by atoms with E-state index in [-0.39, 0.29) is 17.9 Å². The van der Waals surface area contributed by atoms with Gasteiger partial charge in [0, 0.05) is 6.08 Å². The van der Waals surface area contributed by atoms with Gasteiger partial charge in [-0.2, -0.15) is 0 Å². The van der Waals surface area contributed by atoms with Crippen molar-refractivity contribution in [3.05, 3.63) is 41.5 Å². The molecule has 1 aromatic rings. The molecular weight excluding hydrogens is 222 g/mol. The Kier molecular flexibility index (Phi) is 4.74. The van der Waals surface area contributed by atoms with Crippen LogP contribution in [0.2, 0.25) is 0 Å². The Bertz CT molecular complexity index is 469. The zero-order valence-corrected chi connectivity index (χ0v) is 11.2. The third-order valence-electron chi connectivity index (χ3n) is 2.57. The van der Waals surface area contributed by atoms with Crippen LogP contribution in [0.3, 0.4) is 0 Å². The third kappa shape index (κ3) is 4.47. The minimum absolute atomic E-state index is 0.145. The topological polar surface area (TPSA) is 29.1 Å². The number of benzene rings is 1. The Morgan fingerprint density at radius 3 is 2.44 bits per heavy atom. The lowest BCUT2D eigenvalue weighted by Gasteiger charge is -2.18. The van der Waals surface area contributed by atoms with Crippen LogP contribution < -0.4 is 5.32 Å². The average Bonchev–Trinajstić information content (AvgIpc) is 2.33. The average molecular weight is 241 g/mol. The fraction of sp³-hybridized carbons (Fsp3) is 0.312. The lowest BCUT2D eigenvalue weighted by Crippen LogP contribution is -2.20. The Hall–Kier alpha value is -2.01. The first-order chi connectivity index (χ1) is 8.43. The molecule has 18 heavy (non-hydrogen) atoms. The second-order valence-corrected chi connectivity index (χ2v) is 5.13. The van der Waals surface area contributed by atoms with Crippen LogP contribution in [0.4, 0.5) is 0 Å². The van der Waals surface area contributed by atoms with Crippen molar-refractivity contribution in [1.82, 2.24) is 5.32 Å². The molecule has 0 aliphatic carbocycles. The second-order valence-electron chi connectivity index (χ2n) is 5.13. The number of carbonyl (C=O) groups is 1. The van der Waals surface area contributed by atoms with Gasteiger partial charge in [0.15, 0.2) is 0 Å². The molecule has 2 heteroatoms. The fourth-order valence-corrected chi connectivity index (χ4v) is 1.46. The van der Waals surface area contributed by atoms with E-state index in [2.05, 4.69) is 44.1 Å². The van der Waals surface area contributed by atoms with Crippen molar-refractivity contribution in [1.29, 1.82) is 0 Å². The van der Waals surface area contributed by atoms with Gasteiger partial charge in [-0.25, -0.2) is 0 Å². The fourth-order valence-electron chi connectivity index (χ4n) is 1.46. The van der Waals surface area contributed by atoms with E-state index in [9.17, 15) is 4.79 Å². The minimum Gasteiger partial charge on any atom is -0.342 e. The summed E-state index contributed by atoms with van der Waals surface area (Å²) in [4.78, 5) is 11.3. The summed E-state index contributed by atoms with van der Waals surface area (Å²) in [6.07, 6.45) is 8.32. The predicted molar refractivity (Wildman–Crippen MR) is 76.0 cm³/mol. The van der Waals surface area contributed by atoms with E-state index in [1.807, 2.05) is 12.1 Å². The van der Waals surface area contributed by atoms with Crippen LogP contribution in [-0.4, -0.2) is 12.5 Å². The Morgan fingerprint density at radius 2 is 1.94 bits per heavy atom. The van der Waals surface area contributed by atoms with Crippen molar-refractivity contribution in [2.45, 2.75) is 26.2 Å². The van der Waals surface area contributed by atoms with E-state index in [0.717, 1.165) is 5.56 Å². The zero-order valence-electron chi connectivity index (χ0n) is 11.2. The van der Waals surface area contributed by atoms with Gasteiger partial charge in [0.05, 0.1) is 6.54 Å². The quantitative estimate of drug-likeness (QED) is 0.640. The van der Waals surface area contributed by atoms with Crippen LogP contribution in [0, 0.1) is 12.3 Å². The Morgan fingerprint density at radius 1 is 1.33 bits per heavy atom. The first-order valence-corrected chi connectivity index (χ1v) is 5.93. The molecule has 0 saturated heterocycles. The molecule has 0 heterocycles. The van der Waals surface area contributed by atoms with E-state index < -0.39 is 0 Å². The summed E-state index contributed by atoms with van der Waals surface area (Å²) in [6.45, 7) is 6.77. The van der Waals surface area contributed by atoms with Gasteiger partial charge in [-0.3, -0.25) is 4.79 Å². The van der Waals surface area contributed by atoms with Crippen LogP contribution in [-0.2, 0) is 10.2 Å². The first kappa shape index (κ1) is 14.1. The lowest BCUT2D eigenvalue weighted by molar-refractivity contribution is -0.116. The van der Waals surface area contributed by atoms with Crippen LogP contribution in [0.5, 0.6) is 0 Å². The molecule has 0 aliphatic rings. The molecule has 1 amide bonds. The maximum Gasteiger partial charge on any atom is 0.244 e. The summed E-state index contributed by atoms with van der Waals surface area (Å²) >= 11 is 0. The highest BCUT2D eigenvalue weighted by Gasteiger charge is 2.12. The normalized spacial score (nSPS) is 11.2. The summed E-state index contributed by atoms with van der Waals surface area (Å²) in [5.41, 5.74) is 2.42. The van der Waals surface area contributed by atoms with Crippen molar-refractivity contribution in [3.8, 4) is 12.3 Å². The molecule has 1 aromatic carbocycles. The van der Waals surface area contributed by atoms with Crippen molar-refractivity contribution in [3.63, 3.8) is 0 Å². The summed E-state index contributed by atoms with van der Waals surface area (Å²) in [5, 5.41) is 2.58. The number of rotatable bonds is 3. The molecule has 1 N–H and O–H groups in total. The maximum absolute atomic E-state index is 11.3. The van der Waals surface area contributed by atoms with Gasteiger partial charge < -0.3 is 5.32 Å². The molecule has 0 radical (unpaired) electrons. The standard InChI is InChI=1S/C16H19NO/c1-5-12-17-15(18)11-8-13-6-9-14(10-7-13)16(2,3)4/h1,6-11H,12H2,2-4H3,(H,17,18)/b11-8+. The number of terminal acetylenes is 1. The number of hydrogen-bond acceptors (Lipinski definition) is 1. The number of amides is 1. The molecule has 0 aromatic heterocycles. The second kappa shape index (κ2) is 6.07. The zero-order chi connectivity index (χ0) is 13.6. The molecule has 1 rings (SSSR count). The first-order valence-electron chi connectivity index (χ1n) is 5.93. The minimum atomic E-state index is -0.173. The van der Waals surface area contributed by atoms with Crippen LogP contribution >= 0.6 is 0 Å². The number of carbonyl (C=O) groups excluding carboxylic acids is 1. The molecule has 0 saturated carbocycles. The molecule has 0 aliphatic heterocycles. The van der Waals surface area contributed by atoms with Gasteiger partial charge in [0.1, 0.15) is 0 Å². The van der Waals surface area contributed by atoms with Gasteiger partial charge in [0.25, 0.3) is 0 Å². The summed E-state index contributed by atoms with van der Waals surface area (Å²) < 4.78 is 0. The summed E-state index contributed by atoms with van der Waals surface area (Å²) in [6, 6.07) is 8.18. The van der Waals surface area contributed by atoms with Crippen molar-refractivity contribution >= 4 is 12.0 Å². The predicted octanol–water partition coefficient (Wildman–Crippen LogP) is 2.75. The van der Waals surface area contributed by atoms with E-state index in [1.165, 1.54) is 11.6 Å². The van der Waals surface area contributed by atoms with Gasteiger partial charge in [-0.1, -0.05) is 51.0 Å². The highest BCUT2D eigenvalue weighted by atomic mass is 16.1. The third-order valence-corrected chi connectivity index (χ3v) is 2.57. The largest absolute Gasteiger partial charge is 0.342 e. The maximum atomic E-state index is 11.3. The molecule has 0 fully saturated rings. The van der Waals surface area contributed by atoms with Gasteiger partial charge in [-0.15, -0.1) is 6.42 Å². The van der Waals surface area contributed by atoms with Crippen LogP contribution in [0.25, 0.3) is 6.08 Å². The molecule has 94 valence electrons. The van der Waals surface area contributed by atoms with Crippen molar-refractivity contribution in [2.24, 2.45) is 0 Å². The lowest BCUT2D eigenvalue weighted by atomic mass is 9.87. The molecule has 0 atom stereocenters. The highest BCUT2D eigenvalue weighted by Crippen LogP contribution is 2.22. The molecular formula is C16H19NO. The number of nitrogens with one attached hydrogen (secondary N) is 1. The van der Waals surface area contributed by atoms with Crippen molar-refractivity contribution in [2.75, 3.05) is 6.54 Å². The monoisotopic (exact) mass is 241 g/mol. The van der Waals surface area contributed by atoms with Crippen LogP contribution in [0.15, 0.2) is 30.3 Å². The smallest absolute Gasteiger partial charge is 0.244 e. The summed E-state index contributed by atoms with van der Waals surface area (Å²) in [7, 11) is 0. The van der Waals surface area contributed by atoms with Gasteiger partial charge >= 0.3 is 0 Å².